The van der Waals surface area contributed by atoms with Crippen LogP contribution in [-0.4, -0.2) is 42.4 Å². The number of alkyl halides is 2. The summed E-state index contributed by atoms with van der Waals surface area (Å²) in [5.74, 6) is -6.63. The van der Waals surface area contributed by atoms with Crippen LogP contribution in [-0.2, 0) is 11.2 Å². The summed E-state index contributed by atoms with van der Waals surface area (Å²) in [6, 6.07) is 8.73. The first kappa shape index (κ1) is 23.1. The molecule has 0 bridgehead atoms. The monoisotopic (exact) mass is 441 g/mol. The van der Waals surface area contributed by atoms with Gasteiger partial charge in [-0.25, -0.2) is 22.0 Å². The molecule has 2 atom stereocenters. The molecule has 4 nitrogen and oxygen atoms in total. The van der Waals surface area contributed by atoms with E-state index in [0.717, 1.165) is 11.6 Å². The number of nitrogens with two attached hydrogens (primary N) is 1. The Labute approximate surface area is 177 Å². The quantitative estimate of drug-likeness (QED) is 0.487. The van der Waals surface area contributed by atoms with Crippen LogP contribution in [0.25, 0.3) is 0 Å². The first-order valence-corrected chi connectivity index (χ1v) is 9.96. The van der Waals surface area contributed by atoms with Crippen LogP contribution in [0.3, 0.4) is 0 Å². The first-order valence-electron chi connectivity index (χ1n) is 9.96. The molecule has 0 radical (unpaired) electrons. The van der Waals surface area contributed by atoms with Gasteiger partial charge in [-0.2, -0.15) is 0 Å². The van der Waals surface area contributed by atoms with E-state index < -0.39 is 41.4 Å². The lowest BCUT2D eigenvalue weighted by molar-refractivity contribution is -0.122. The highest BCUT2D eigenvalue weighted by atomic mass is 19.3. The van der Waals surface area contributed by atoms with Crippen LogP contribution in [0.5, 0.6) is 0 Å². The Morgan fingerprint density at radius 2 is 1.77 bits per heavy atom. The second-order valence-electron chi connectivity index (χ2n) is 7.90. The molecule has 3 N–H and O–H groups in total. The molecule has 2 aromatic carbocycles. The van der Waals surface area contributed by atoms with Crippen molar-refractivity contribution in [3.8, 4) is 0 Å². The van der Waals surface area contributed by atoms with E-state index in [1.807, 2.05) is 0 Å². The molecule has 2 aromatic rings. The second-order valence-corrected chi connectivity index (χ2v) is 7.90. The molecule has 0 unspecified atom stereocenters. The maximum Gasteiger partial charge on any atom is 0.261 e. The highest BCUT2D eigenvalue weighted by Crippen LogP contribution is 2.28. The van der Waals surface area contributed by atoms with Crippen molar-refractivity contribution >= 4 is 5.91 Å². The predicted octanol–water partition coefficient (Wildman–Crippen LogP) is 3.56. The Hall–Kier alpha value is -2.52. The number of likely N-dealkylation sites (tertiary alicyclic amines) is 1. The normalized spacial score (nSPS) is 18.0. The van der Waals surface area contributed by atoms with Gasteiger partial charge in [0, 0.05) is 38.0 Å². The Morgan fingerprint density at radius 1 is 1.10 bits per heavy atom. The van der Waals surface area contributed by atoms with Gasteiger partial charge in [-0.05, 0) is 23.6 Å². The lowest BCUT2D eigenvalue weighted by atomic mass is 10.0. The minimum Gasteiger partial charge on any atom is -0.348 e. The summed E-state index contributed by atoms with van der Waals surface area (Å²) < 4.78 is 67.3. The summed E-state index contributed by atoms with van der Waals surface area (Å²) in [5, 5.41) is 2.81. The number of nitrogens with one attached hydrogen (secondary N) is 1. The van der Waals surface area contributed by atoms with E-state index in [1.54, 1.807) is 35.2 Å². The van der Waals surface area contributed by atoms with Gasteiger partial charge in [0.1, 0.15) is 5.82 Å². The van der Waals surface area contributed by atoms with Crippen LogP contribution in [0.15, 0.2) is 42.5 Å². The van der Waals surface area contributed by atoms with Crippen molar-refractivity contribution in [2.45, 2.75) is 37.3 Å². The van der Waals surface area contributed by atoms with Crippen LogP contribution < -0.4 is 11.1 Å². The summed E-state index contributed by atoms with van der Waals surface area (Å²) in [4.78, 5) is 14.1. The van der Waals surface area contributed by atoms with Crippen molar-refractivity contribution in [3.63, 3.8) is 0 Å². The van der Waals surface area contributed by atoms with Gasteiger partial charge in [0.25, 0.3) is 5.92 Å². The van der Waals surface area contributed by atoms with Crippen LogP contribution in [0.4, 0.5) is 22.0 Å². The fourth-order valence-corrected chi connectivity index (χ4v) is 3.71. The number of rotatable bonds is 8. The molecule has 0 aromatic heterocycles. The second kappa shape index (κ2) is 9.74. The van der Waals surface area contributed by atoms with E-state index in [2.05, 4.69) is 5.32 Å². The van der Waals surface area contributed by atoms with E-state index in [9.17, 15) is 26.7 Å². The number of carbonyl (C=O) groups is 1. The van der Waals surface area contributed by atoms with Gasteiger partial charge < -0.3 is 11.1 Å². The molecule has 3 rings (SSSR count). The molecule has 1 fully saturated rings. The van der Waals surface area contributed by atoms with Gasteiger partial charge in [-0.15, -0.1) is 0 Å². The third kappa shape index (κ3) is 6.48. The molecule has 9 heteroatoms. The Bertz CT molecular complexity index is 910. The molecule has 0 spiro atoms. The van der Waals surface area contributed by atoms with E-state index >= 15 is 0 Å². The summed E-state index contributed by atoms with van der Waals surface area (Å²) in [6.45, 7) is 0.0562. The third-order valence-electron chi connectivity index (χ3n) is 5.25. The predicted molar refractivity (Wildman–Crippen MR) is 106 cm³/mol. The number of hydrogen-bond acceptors (Lipinski definition) is 3. The molecule has 168 valence electrons. The van der Waals surface area contributed by atoms with Crippen LogP contribution in [0.2, 0.25) is 0 Å². The maximum atomic E-state index is 13.8. The van der Waals surface area contributed by atoms with Crippen molar-refractivity contribution in [3.05, 3.63) is 71.0 Å². The summed E-state index contributed by atoms with van der Waals surface area (Å²) in [6.07, 6.45) is -0.587. The van der Waals surface area contributed by atoms with Gasteiger partial charge >= 0.3 is 0 Å². The number of amides is 1. The Morgan fingerprint density at radius 3 is 2.42 bits per heavy atom. The van der Waals surface area contributed by atoms with Crippen molar-refractivity contribution in [2.75, 3.05) is 19.6 Å². The number of benzene rings is 2. The maximum absolute atomic E-state index is 13.8. The van der Waals surface area contributed by atoms with E-state index in [4.69, 9.17) is 5.73 Å². The minimum absolute atomic E-state index is 0.127. The van der Waals surface area contributed by atoms with E-state index in [0.29, 0.717) is 6.07 Å². The number of hydrogen-bond donors (Lipinski definition) is 2. The Balaban J connectivity index is 1.62. The molecule has 31 heavy (non-hydrogen) atoms. The first-order chi connectivity index (χ1) is 14.6. The summed E-state index contributed by atoms with van der Waals surface area (Å²) in [5.41, 5.74) is 6.55. The molecule has 0 saturated carbocycles. The number of nitrogens with zero attached hydrogens (tertiary/aromatic N) is 1. The van der Waals surface area contributed by atoms with Gasteiger partial charge in [0.15, 0.2) is 11.6 Å². The van der Waals surface area contributed by atoms with Gasteiger partial charge in [0.2, 0.25) is 5.91 Å². The third-order valence-corrected chi connectivity index (χ3v) is 5.25. The Kier molecular flexibility index (Phi) is 7.27. The highest BCUT2D eigenvalue weighted by molar-refractivity contribution is 5.77. The lowest BCUT2D eigenvalue weighted by Crippen LogP contribution is -2.40. The molecule has 1 saturated heterocycles. The fourth-order valence-electron chi connectivity index (χ4n) is 3.71. The van der Waals surface area contributed by atoms with Crippen LogP contribution in [0.1, 0.15) is 30.0 Å². The average Bonchev–Trinajstić information content (AvgIpc) is 3.04. The molecule has 0 aliphatic carbocycles. The average molecular weight is 441 g/mol. The van der Waals surface area contributed by atoms with Gasteiger partial charge in [-0.1, -0.05) is 30.3 Å². The topological polar surface area (TPSA) is 58.4 Å². The molecule has 1 amide bonds. The highest BCUT2D eigenvalue weighted by Gasteiger charge is 2.39. The minimum atomic E-state index is -2.75. The molecule has 1 aliphatic heterocycles. The van der Waals surface area contributed by atoms with Crippen molar-refractivity contribution < 1.29 is 26.7 Å². The fraction of sp³-hybridized carbons (Fsp3) is 0.409. The number of halogens is 5. The standard InChI is InChI=1S/C22H24F5N3O/c23-17-11-19(25)18(24)9-15(17)8-16(28)10-21(31)29-20(14-4-2-1-3-5-14)12-30-7-6-22(26,27)13-30/h1-5,9,11,16,20H,6-8,10,12-13,28H2,(H,29,31)/t16-,20+/m1/s1. The van der Waals surface area contributed by atoms with E-state index in [1.165, 1.54) is 0 Å². The largest absolute Gasteiger partial charge is 0.348 e. The molecular weight excluding hydrogens is 417 g/mol. The van der Waals surface area contributed by atoms with Crippen molar-refractivity contribution in [1.82, 2.24) is 10.2 Å². The molecular formula is C22H24F5N3O. The smallest absolute Gasteiger partial charge is 0.261 e. The van der Waals surface area contributed by atoms with Crippen molar-refractivity contribution in [1.29, 1.82) is 0 Å². The van der Waals surface area contributed by atoms with E-state index in [-0.39, 0.29) is 44.5 Å². The molecule has 1 heterocycles. The number of carbonyl (C=O) groups excluding carboxylic acids is 1. The lowest BCUT2D eigenvalue weighted by Gasteiger charge is -2.25. The SMILES string of the molecule is N[C@@H](CC(=O)N[C@@H](CN1CCC(F)(F)C1)c1ccccc1)Cc1cc(F)c(F)cc1F. The zero-order chi connectivity index (χ0) is 22.6. The van der Waals surface area contributed by atoms with Crippen LogP contribution >= 0.6 is 0 Å². The summed E-state index contributed by atoms with van der Waals surface area (Å²) in [7, 11) is 0. The van der Waals surface area contributed by atoms with Gasteiger partial charge in [-0.3, -0.25) is 9.69 Å². The summed E-state index contributed by atoms with van der Waals surface area (Å²) >= 11 is 0. The zero-order valence-electron chi connectivity index (χ0n) is 16.8. The van der Waals surface area contributed by atoms with Crippen molar-refractivity contribution in [2.24, 2.45) is 5.73 Å². The zero-order valence-corrected chi connectivity index (χ0v) is 16.8. The van der Waals surface area contributed by atoms with Crippen LogP contribution in [0, 0.1) is 17.5 Å². The van der Waals surface area contributed by atoms with Gasteiger partial charge in [0.05, 0.1) is 12.6 Å². The molecule has 1 aliphatic rings.